The number of thiophene rings is 1. The van der Waals surface area contributed by atoms with E-state index in [0.29, 0.717) is 17.1 Å². The molecule has 3 aromatic rings. The van der Waals surface area contributed by atoms with Gasteiger partial charge in [0.15, 0.2) is 0 Å². The Morgan fingerprint density at radius 1 is 1.44 bits per heavy atom. The van der Waals surface area contributed by atoms with E-state index in [1.807, 2.05) is 11.4 Å². The van der Waals surface area contributed by atoms with Crippen LogP contribution in [-0.2, 0) is 4.74 Å². The van der Waals surface area contributed by atoms with Gasteiger partial charge in [0.25, 0.3) is 0 Å². The van der Waals surface area contributed by atoms with Crippen LogP contribution in [0.2, 0.25) is 0 Å². The second-order valence-corrected chi connectivity index (χ2v) is 4.43. The number of nitrogens with one attached hydrogen (secondary N) is 1. The molecule has 3 aromatic heterocycles. The standard InChI is InChI=1S/C11H8N4O2S/c1-17-11(16)8-4-7(14-15-8)9-10-6(2-3-18-10)12-5-13-9/h2-5H,1H3,(H,14,15). The topological polar surface area (TPSA) is 80.8 Å². The minimum Gasteiger partial charge on any atom is -0.464 e. The van der Waals surface area contributed by atoms with Crippen LogP contribution in [0.4, 0.5) is 0 Å². The van der Waals surface area contributed by atoms with E-state index in [-0.39, 0.29) is 0 Å². The zero-order chi connectivity index (χ0) is 12.5. The molecule has 0 amide bonds. The number of aromatic amines is 1. The predicted molar refractivity (Wildman–Crippen MR) is 66.3 cm³/mol. The number of hydrogen-bond acceptors (Lipinski definition) is 6. The van der Waals surface area contributed by atoms with Gasteiger partial charge in [-0.3, -0.25) is 5.10 Å². The first-order valence-corrected chi connectivity index (χ1v) is 6.00. The third-order valence-electron chi connectivity index (χ3n) is 2.47. The third-order valence-corrected chi connectivity index (χ3v) is 3.38. The molecule has 3 heterocycles. The summed E-state index contributed by atoms with van der Waals surface area (Å²) in [6.45, 7) is 0. The molecular weight excluding hydrogens is 252 g/mol. The van der Waals surface area contributed by atoms with Crippen molar-refractivity contribution in [2.24, 2.45) is 0 Å². The molecule has 0 spiro atoms. The summed E-state index contributed by atoms with van der Waals surface area (Å²) in [6.07, 6.45) is 1.48. The van der Waals surface area contributed by atoms with Gasteiger partial charge in [-0.15, -0.1) is 11.3 Å². The number of ether oxygens (including phenoxy) is 1. The molecule has 1 N–H and O–H groups in total. The van der Waals surface area contributed by atoms with E-state index >= 15 is 0 Å². The number of fused-ring (bicyclic) bond motifs is 1. The molecule has 0 aromatic carbocycles. The summed E-state index contributed by atoms with van der Waals surface area (Å²) in [5.41, 5.74) is 2.48. The minimum atomic E-state index is -0.453. The second kappa shape index (κ2) is 4.19. The van der Waals surface area contributed by atoms with Gasteiger partial charge < -0.3 is 4.74 Å². The normalized spacial score (nSPS) is 10.7. The molecule has 0 saturated carbocycles. The molecule has 0 aliphatic heterocycles. The largest absolute Gasteiger partial charge is 0.464 e. The molecule has 0 radical (unpaired) electrons. The molecule has 3 rings (SSSR count). The van der Waals surface area contributed by atoms with Crippen LogP contribution >= 0.6 is 11.3 Å². The van der Waals surface area contributed by atoms with E-state index in [0.717, 1.165) is 10.2 Å². The van der Waals surface area contributed by atoms with Crippen LogP contribution in [0, 0.1) is 0 Å². The molecule has 0 bridgehead atoms. The lowest BCUT2D eigenvalue weighted by Gasteiger charge is -1.96. The van der Waals surface area contributed by atoms with Crippen LogP contribution in [0.15, 0.2) is 23.8 Å². The summed E-state index contributed by atoms with van der Waals surface area (Å²) < 4.78 is 5.56. The summed E-state index contributed by atoms with van der Waals surface area (Å²) in [6, 6.07) is 3.53. The van der Waals surface area contributed by atoms with Gasteiger partial charge in [-0.05, 0) is 11.4 Å². The summed E-state index contributed by atoms with van der Waals surface area (Å²) >= 11 is 1.54. The van der Waals surface area contributed by atoms with Crippen molar-refractivity contribution in [3.63, 3.8) is 0 Å². The van der Waals surface area contributed by atoms with Crippen LogP contribution in [0.25, 0.3) is 21.6 Å². The minimum absolute atomic E-state index is 0.302. The van der Waals surface area contributed by atoms with Gasteiger partial charge >= 0.3 is 5.97 Å². The van der Waals surface area contributed by atoms with Gasteiger partial charge in [0, 0.05) is 6.07 Å². The summed E-state index contributed by atoms with van der Waals surface area (Å²) in [5, 5.41) is 8.65. The van der Waals surface area contributed by atoms with Gasteiger partial charge in [0.1, 0.15) is 23.4 Å². The lowest BCUT2D eigenvalue weighted by Crippen LogP contribution is -2.00. The smallest absolute Gasteiger partial charge is 0.356 e. The number of H-pyrrole nitrogens is 1. The van der Waals surface area contributed by atoms with Crippen molar-refractivity contribution in [2.45, 2.75) is 0 Å². The molecule has 0 saturated heterocycles. The van der Waals surface area contributed by atoms with Gasteiger partial charge in [0.05, 0.1) is 17.3 Å². The quantitative estimate of drug-likeness (QED) is 0.711. The van der Waals surface area contributed by atoms with Crippen LogP contribution in [0.1, 0.15) is 10.5 Å². The highest BCUT2D eigenvalue weighted by Gasteiger charge is 2.14. The molecule has 7 heteroatoms. The number of aromatic nitrogens is 4. The number of esters is 1. The Kier molecular flexibility index (Phi) is 2.52. The molecule has 0 fully saturated rings. The average molecular weight is 260 g/mol. The molecule has 18 heavy (non-hydrogen) atoms. The Morgan fingerprint density at radius 3 is 3.17 bits per heavy atom. The zero-order valence-corrected chi connectivity index (χ0v) is 10.2. The van der Waals surface area contributed by atoms with E-state index in [9.17, 15) is 4.79 Å². The van der Waals surface area contributed by atoms with E-state index in [1.54, 1.807) is 6.07 Å². The maximum atomic E-state index is 11.3. The molecule has 0 aliphatic carbocycles. The van der Waals surface area contributed by atoms with E-state index in [4.69, 9.17) is 0 Å². The van der Waals surface area contributed by atoms with Crippen LogP contribution < -0.4 is 0 Å². The molecule has 90 valence electrons. The number of carbonyl (C=O) groups is 1. The van der Waals surface area contributed by atoms with Crippen molar-refractivity contribution in [3.8, 4) is 11.4 Å². The molecular formula is C11H8N4O2S. The molecule has 0 atom stereocenters. The highest BCUT2D eigenvalue weighted by Crippen LogP contribution is 2.28. The number of methoxy groups -OCH3 is 1. The number of carbonyl (C=O) groups excluding carboxylic acids is 1. The monoisotopic (exact) mass is 260 g/mol. The van der Waals surface area contributed by atoms with Crippen molar-refractivity contribution < 1.29 is 9.53 Å². The van der Waals surface area contributed by atoms with Crippen molar-refractivity contribution in [1.29, 1.82) is 0 Å². The van der Waals surface area contributed by atoms with Crippen molar-refractivity contribution in [3.05, 3.63) is 29.5 Å². The van der Waals surface area contributed by atoms with Crippen molar-refractivity contribution >= 4 is 27.5 Å². The van der Waals surface area contributed by atoms with Crippen LogP contribution in [0.5, 0.6) is 0 Å². The van der Waals surface area contributed by atoms with Gasteiger partial charge in [0.2, 0.25) is 0 Å². The average Bonchev–Trinajstić information content (AvgIpc) is 3.05. The fourth-order valence-electron chi connectivity index (χ4n) is 1.63. The van der Waals surface area contributed by atoms with Crippen LogP contribution in [-0.4, -0.2) is 33.2 Å². The number of hydrogen-bond donors (Lipinski definition) is 1. The first kappa shape index (κ1) is 10.8. The van der Waals surface area contributed by atoms with Crippen LogP contribution in [0.3, 0.4) is 0 Å². The SMILES string of the molecule is COC(=O)c1cc(-c2ncnc3ccsc23)n[nH]1. The van der Waals surface area contributed by atoms with E-state index < -0.39 is 5.97 Å². The summed E-state index contributed by atoms with van der Waals surface area (Å²) in [5.74, 6) is -0.453. The van der Waals surface area contributed by atoms with Crippen molar-refractivity contribution in [1.82, 2.24) is 20.2 Å². The Labute approximate surface area is 106 Å². The van der Waals surface area contributed by atoms with Gasteiger partial charge in [-0.25, -0.2) is 14.8 Å². The van der Waals surface area contributed by atoms with Gasteiger partial charge in [-0.2, -0.15) is 5.10 Å². The van der Waals surface area contributed by atoms with Gasteiger partial charge in [-0.1, -0.05) is 0 Å². The molecule has 0 aliphatic rings. The zero-order valence-electron chi connectivity index (χ0n) is 9.38. The predicted octanol–water partition coefficient (Wildman–Crippen LogP) is 1.87. The first-order valence-electron chi connectivity index (χ1n) is 5.12. The Bertz CT molecular complexity index is 718. The lowest BCUT2D eigenvalue weighted by atomic mass is 10.2. The second-order valence-electron chi connectivity index (χ2n) is 3.52. The Hall–Kier alpha value is -2.28. The van der Waals surface area contributed by atoms with E-state index in [1.165, 1.54) is 24.8 Å². The van der Waals surface area contributed by atoms with Crippen molar-refractivity contribution in [2.75, 3.05) is 7.11 Å². The molecule has 0 unspecified atom stereocenters. The maximum absolute atomic E-state index is 11.3. The lowest BCUT2D eigenvalue weighted by molar-refractivity contribution is 0.0594. The fraction of sp³-hybridized carbons (Fsp3) is 0.0909. The van der Waals surface area contributed by atoms with E-state index in [2.05, 4.69) is 24.9 Å². The summed E-state index contributed by atoms with van der Waals surface area (Å²) in [4.78, 5) is 19.7. The highest BCUT2D eigenvalue weighted by atomic mass is 32.1. The number of rotatable bonds is 2. The Balaban J connectivity index is 2.12. The summed E-state index contributed by atoms with van der Waals surface area (Å²) in [7, 11) is 1.32. The number of nitrogens with zero attached hydrogens (tertiary/aromatic N) is 3. The fourth-order valence-corrected chi connectivity index (χ4v) is 2.47. The third kappa shape index (κ3) is 1.65. The highest BCUT2D eigenvalue weighted by molar-refractivity contribution is 7.17. The maximum Gasteiger partial charge on any atom is 0.356 e. The Morgan fingerprint density at radius 2 is 2.33 bits per heavy atom. The first-order chi connectivity index (χ1) is 8.79. The molecule has 6 nitrogen and oxygen atoms in total.